The Balaban J connectivity index is 0.00000225. The van der Waals surface area contributed by atoms with Crippen LogP contribution in [0.5, 0.6) is 0 Å². The van der Waals surface area contributed by atoms with Crippen LogP contribution in [0.3, 0.4) is 0 Å². The first kappa shape index (κ1) is 15.6. The van der Waals surface area contributed by atoms with Crippen LogP contribution in [0.4, 0.5) is 0 Å². The van der Waals surface area contributed by atoms with Crippen molar-refractivity contribution in [3.05, 3.63) is 41.3 Å². The fraction of sp³-hybridized carbons (Fsp3) is 0.462. The second-order valence-corrected chi connectivity index (χ2v) is 4.19. The van der Waals surface area contributed by atoms with Gasteiger partial charge in [0.05, 0.1) is 0 Å². The number of rotatable bonds is 3. The summed E-state index contributed by atoms with van der Waals surface area (Å²) in [6.07, 6.45) is 0. The molecule has 3 heteroatoms. The molecule has 0 saturated heterocycles. The predicted molar refractivity (Wildman–Crippen MR) is 64.9 cm³/mol. The maximum atomic E-state index is 10.1. The summed E-state index contributed by atoms with van der Waals surface area (Å²) in [4.78, 5) is 1.98. The zero-order chi connectivity index (χ0) is 11.4. The van der Waals surface area contributed by atoms with Crippen LogP contribution in [0, 0.1) is 6.07 Å². The molecule has 0 aliphatic heterocycles. The molecular weight excluding hydrogens is 275 g/mol. The quantitative estimate of drug-likeness (QED) is 0.478. The van der Waals surface area contributed by atoms with E-state index in [9.17, 15) is 5.41 Å². The molecule has 0 N–H and O–H groups in total. The zero-order valence-electron chi connectivity index (χ0n) is 10.4. The van der Waals surface area contributed by atoms with Crippen molar-refractivity contribution in [1.29, 1.82) is 0 Å². The van der Waals surface area contributed by atoms with Crippen LogP contribution in [-0.2, 0) is 26.2 Å². The molecule has 0 aliphatic rings. The van der Waals surface area contributed by atoms with Gasteiger partial charge in [-0.05, 0) is 0 Å². The van der Waals surface area contributed by atoms with Gasteiger partial charge in [-0.2, -0.15) is 11.4 Å². The molecule has 0 atom stereocenters. The molecule has 1 aromatic carbocycles. The Morgan fingerprint density at radius 1 is 1.19 bits per heavy atom. The molecule has 0 fully saturated rings. The van der Waals surface area contributed by atoms with Gasteiger partial charge < -0.3 is 10.3 Å². The maximum absolute atomic E-state index is 10.1. The normalized spacial score (nSPS) is 10.1. The molecule has 0 saturated carbocycles. The van der Waals surface area contributed by atoms with E-state index in [1.165, 1.54) is 0 Å². The number of benzene rings is 1. The second-order valence-electron chi connectivity index (χ2n) is 4.19. The van der Waals surface area contributed by atoms with Crippen molar-refractivity contribution in [3.8, 4) is 0 Å². The van der Waals surface area contributed by atoms with Crippen LogP contribution in [0.2, 0.25) is 0 Å². The van der Waals surface area contributed by atoms with Crippen molar-refractivity contribution >= 4 is 5.84 Å². The van der Waals surface area contributed by atoms with Crippen LogP contribution < -0.4 is 0 Å². The number of amidine groups is 1. The Morgan fingerprint density at radius 2 is 1.75 bits per heavy atom. The smallest absolute Gasteiger partial charge is 0.521 e. The van der Waals surface area contributed by atoms with Gasteiger partial charge in [-0.1, -0.05) is 39.8 Å². The number of hydrogen-bond acceptors (Lipinski definition) is 0. The van der Waals surface area contributed by atoms with Crippen molar-refractivity contribution in [2.24, 2.45) is 0 Å². The van der Waals surface area contributed by atoms with Crippen LogP contribution in [0.15, 0.2) is 24.3 Å². The van der Waals surface area contributed by atoms with E-state index >= 15 is 0 Å². The topological polar surface area (TPSA) is 25.5 Å². The van der Waals surface area contributed by atoms with Gasteiger partial charge in [0.25, 0.3) is 0 Å². The van der Waals surface area contributed by atoms with Gasteiger partial charge in [-0.25, -0.2) is 0 Å². The first-order valence-electron chi connectivity index (χ1n) is 5.35. The summed E-state index contributed by atoms with van der Waals surface area (Å²) in [5.74, 6) is 0.306. The zero-order valence-corrected chi connectivity index (χ0v) is 12.8. The molecule has 16 heavy (non-hydrogen) atoms. The molecule has 1 rings (SSSR count). The monoisotopic (exact) mass is 292 g/mol. The molecule has 0 spiro atoms. The summed E-state index contributed by atoms with van der Waals surface area (Å²) in [6, 6.07) is 11.1. The van der Waals surface area contributed by atoms with Crippen LogP contribution in [-0.4, -0.2) is 22.8 Å². The third-order valence-electron chi connectivity index (χ3n) is 2.31. The molecule has 0 heterocycles. The standard InChI is InChI=1S/C13H18N2.Zr/c1-10(2)15(11(3)4)13(14)12-8-6-5-7-9-12;/h5-8,10-11H,1-4H3;/q-2;+2. The van der Waals surface area contributed by atoms with E-state index in [1.807, 2.05) is 29.2 Å². The van der Waals surface area contributed by atoms with E-state index in [0.717, 1.165) is 5.56 Å². The Hall–Kier alpha value is -0.427. The van der Waals surface area contributed by atoms with Gasteiger partial charge in [0.15, 0.2) is 0 Å². The summed E-state index contributed by atoms with van der Waals surface area (Å²) in [7, 11) is 0. The number of nitrogens with zero attached hydrogens (tertiary/aromatic N) is 2. The van der Waals surface area contributed by atoms with Gasteiger partial charge in [0.2, 0.25) is 0 Å². The predicted octanol–water partition coefficient (Wildman–Crippen LogP) is 2.92. The average Bonchev–Trinajstić information content (AvgIpc) is 2.18. The molecule has 0 bridgehead atoms. The maximum Gasteiger partial charge on any atom is 2.00 e. The minimum atomic E-state index is 0. The number of hydrogen-bond donors (Lipinski definition) is 0. The van der Waals surface area contributed by atoms with Crippen molar-refractivity contribution in [2.75, 3.05) is 0 Å². The van der Waals surface area contributed by atoms with E-state index in [0.29, 0.717) is 5.84 Å². The molecular formula is C13H18N2Zr. The fourth-order valence-corrected chi connectivity index (χ4v) is 1.76. The van der Waals surface area contributed by atoms with Gasteiger partial charge in [-0.3, -0.25) is 0 Å². The molecule has 0 amide bonds. The van der Waals surface area contributed by atoms with E-state index in [-0.39, 0.29) is 38.3 Å². The van der Waals surface area contributed by atoms with Gasteiger partial charge >= 0.3 is 26.2 Å². The minimum absolute atomic E-state index is 0. The Labute approximate surface area is 118 Å². The van der Waals surface area contributed by atoms with Crippen molar-refractivity contribution in [2.45, 2.75) is 39.8 Å². The van der Waals surface area contributed by atoms with Gasteiger partial charge in [0.1, 0.15) is 0 Å². The SMILES string of the molecule is CC(C)N(C(=[N-])c1[c-]cccc1)C(C)C.[Zr+2]. The van der Waals surface area contributed by atoms with E-state index in [2.05, 4.69) is 33.8 Å². The molecule has 0 aromatic heterocycles. The van der Waals surface area contributed by atoms with Crippen molar-refractivity contribution < 1.29 is 26.2 Å². The van der Waals surface area contributed by atoms with E-state index in [4.69, 9.17) is 0 Å². The molecule has 2 nitrogen and oxygen atoms in total. The van der Waals surface area contributed by atoms with Gasteiger partial charge in [-0.15, -0.1) is 30.3 Å². The third-order valence-corrected chi connectivity index (χ3v) is 2.31. The summed E-state index contributed by atoms with van der Waals surface area (Å²) < 4.78 is 0. The summed E-state index contributed by atoms with van der Waals surface area (Å²) in [5.41, 5.74) is 0.750. The molecule has 1 aromatic rings. The summed E-state index contributed by atoms with van der Waals surface area (Å²) in [5, 5.41) is 10.1. The summed E-state index contributed by atoms with van der Waals surface area (Å²) in [6.45, 7) is 8.27. The minimum Gasteiger partial charge on any atom is -0.521 e. The molecule has 0 radical (unpaired) electrons. The Bertz CT molecular complexity index is 312. The van der Waals surface area contributed by atoms with E-state index in [1.54, 1.807) is 0 Å². The largest absolute Gasteiger partial charge is 2.00 e. The van der Waals surface area contributed by atoms with E-state index < -0.39 is 0 Å². The average molecular weight is 294 g/mol. The molecule has 84 valence electrons. The van der Waals surface area contributed by atoms with Crippen molar-refractivity contribution in [1.82, 2.24) is 4.90 Å². The van der Waals surface area contributed by atoms with Crippen LogP contribution >= 0.6 is 0 Å². The molecule has 0 aliphatic carbocycles. The van der Waals surface area contributed by atoms with Crippen LogP contribution in [0.1, 0.15) is 33.3 Å². The Kier molecular flexibility index (Phi) is 6.82. The van der Waals surface area contributed by atoms with Gasteiger partial charge in [0, 0.05) is 0 Å². The third kappa shape index (κ3) is 3.86. The first-order valence-corrected chi connectivity index (χ1v) is 5.35. The van der Waals surface area contributed by atoms with Crippen molar-refractivity contribution in [3.63, 3.8) is 0 Å². The fourth-order valence-electron chi connectivity index (χ4n) is 1.76. The molecule has 0 unspecified atom stereocenters. The Morgan fingerprint density at radius 3 is 2.12 bits per heavy atom. The second kappa shape index (κ2) is 7.01. The first-order chi connectivity index (χ1) is 7.04. The van der Waals surface area contributed by atoms with Crippen LogP contribution in [0.25, 0.3) is 5.41 Å². The summed E-state index contributed by atoms with van der Waals surface area (Å²) >= 11 is 0.